The summed E-state index contributed by atoms with van der Waals surface area (Å²) in [5.74, 6) is 0.0762. The topological polar surface area (TPSA) is 58.2 Å². The predicted molar refractivity (Wildman–Crippen MR) is 75.1 cm³/mol. The van der Waals surface area contributed by atoms with Gasteiger partial charge < -0.3 is 5.32 Å². The predicted octanol–water partition coefficient (Wildman–Crippen LogP) is 2.45. The molecule has 0 atom stereocenters. The molecule has 0 spiro atoms. The van der Waals surface area contributed by atoms with E-state index in [9.17, 15) is 8.42 Å². The van der Waals surface area contributed by atoms with Gasteiger partial charge in [-0.15, -0.1) is 0 Å². The van der Waals surface area contributed by atoms with Crippen molar-refractivity contribution in [3.8, 4) is 0 Å². The first-order chi connectivity index (χ1) is 7.96. The van der Waals surface area contributed by atoms with E-state index in [1.54, 1.807) is 25.2 Å². The van der Waals surface area contributed by atoms with Gasteiger partial charge in [-0.2, -0.15) is 0 Å². The Morgan fingerprint density at radius 1 is 1.41 bits per heavy atom. The van der Waals surface area contributed by atoms with Crippen LogP contribution in [0.25, 0.3) is 0 Å². The van der Waals surface area contributed by atoms with Crippen LogP contribution in [-0.4, -0.2) is 27.8 Å². The van der Waals surface area contributed by atoms with Gasteiger partial charge in [-0.3, -0.25) is 4.72 Å². The number of benzene rings is 1. The summed E-state index contributed by atoms with van der Waals surface area (Å²) in [6.07, 6.45) is 0.560. The third-order valence-corrected chi connectivity index (χ3v) is 4.81. The highest BCUT2D eigenvalue weighted by molar-refractivity contribution is 9.10. The molecule has 17 heavy (non-hydrogen) atoms. The van der Waals surface area contributed by atoms with Crippen LogP contribution in [-0.2, 0) is 10.0 Å². The van der Waals surface area contributed by atoms with Gasteiger partial charge in [-0.1, -0.05) is 17.7 Å². The molecule has 96 valence electrons. The Kier molecular flexibility index (Phi) is 5.72. The van der Waals surface area contributed by atoms with Gasteiger partial charge in [-0.25, -0.2) is 8.42 Å². The van der Waals surface area contributed by atoms with Crippen molar-refractivity contribution in [2.75, 3.05) is 24.1 Å². The monoisotopic (exact) mass is 340 g/mol. The van der Waals surface area contributed by atoms with E-state index in [1.807, 2.05) is 0 Å². The van der Waals surface area contributed by atoms with Crippen LogP contribution < -0.4 is 10.0 Å². The minimum atomic E-state index is -3.32. The zero-order valence-electron chi connectivity index (χ0n) is 9.33. The van der Waals surface area contributed by atoms with Crippen LogP contribution >= 0.6 is 27.5 Å². The molecule has 0 aromatic heterocycles. The molecule has 0 amide bonds. The lowest BCUT2D eigenvalue weighted by Gasteiger charge is -2.10. The summed E-state index contributed by atoms with van der Waals surface area (Å²) in [6.45, 7) is 0.664. The normalized spacial score (nSPS) is 11.5. The summed E-state index contributed by atoms with van der Waals surface area (Å²) in [6, 6.07) is 5.04. The smallest absolute Gasteiger partial charge is 0.232 e. The molecule has 0 saturated heterocycles. The molecule has 0 bridgehead atoms. The van der Waals surface area contributed by atoms with Crippen LogP contribution in [0.3, 0.4) is 0 Å². The zero-order chi connectivity index (χ0) is 12.9. The van der Waals surface area contributed by atoms with Crippen molar-refractivity contribution >= 4 is 43.2 Å². The summed E-state index contributed by atoms with van der Waals surface area (Å²) < 4.78 is 26.5. The molecule has 7 heteroatoms. The van der Waals surface area contributed by atoms with Crippen LogP contribution in [0.15, 0.2) is 22.7 Å². The Bertz CT molecular complexity index is 479. The third-order valence-electron chi connectivity index (χ3n) is 2.06. The number of sulfonamides is 1. The molecule has 0 unspecified atom stereocenters. The maximum absolute atomic E-state index is 11.7. The summed E-state index contributed by atoms with van der Waals surface area (Å²) in [5.41, 5.74) is 0.460. The Hall–Kier alpha value is -0.300. The fraction of sp³-hybridized carbons (Fsp3) is 0.400. The third kappa shape index (κ3) is 4.83. The van der Waals surface area contributed by atoms with Crippen molar-refractivity contribution in [1.82, 2.24) is 5.32 Å². The van der Waals surface area contributed by atoms with E-state index in [-0.39, 0.29) is 5.75 Å². The summed E-state index contributed by atoms with van der Waals surface area (Å²) in [5, 5.41) is 3.37. The number of hydrogen-bond donors (Lipinski definition) is 2. The van der Waals surface area contributed by atoms with Gasteiger partial charge >= 0.3 is 0 Å². The van der Waals surface area contributed by atoms with Crippen LogP contribution in [0, 0.1) is 0 Å². The van der Waals surface area contributed by atoms with Crippen molar-refractivity contribution in [3.05, 3.63) is 27.7 Å². The first-order valence-electron chi connectivity index (χ1n) is 5.05. The standard InChI is InChI=1S/C10H14BrClN2O2S/c1-13-6-3-7-17(15,16)14-9-5-2-4-8(12)10(9)11/h2,4-5,13-14H,3,6-7H2,1H3. The van der Waals surface area contributed by atoms with Crippen LogP contribution in [0.1, 0.15) is 6.42 Å². The molecular formula is C10H14BrClN2O2S. The van der Waals surface area contributed by atoms with E-state index in [0.29, 0.717) is 28.1 Å². The average Bonchev–Trinajstić information content (AvgIpc) is 2.25. The molecular weight excluding hydrogens is 328 g/mol. The SMILES string of the molecule is CNCCCS(=O)(=O)Nc1cccc(Cl)c1Br. The molecule has 2 N–H and O–H groups in total. The van der Waals surface area contributed by atoms with Crippen molar-refractivity contribution in [2.45, 2.75) is 6.42 Å². The second kappa shape index (κ2) is 6.58. The van der Waals surface area contributed by atoms with Gasteiger partial charge in [0.05, 0.1) is 20.9 Å². The van der Waals surface area contributed by atoms with Crippen LogP contribution in [0.2, 0.25) is 5.02 Å². The largest absolute Gasteiger partial charge is 0.320 e. The number of nitrogens with one attached hydrogen (secondary N) is 2. The molecule has 0 saturated carbocycles. The van der Waals surface area contributed by atoms with Gasteiger partial charge in [0, 0.05) is 0 Å². The van der Waals surface area contributed by atoms with E-state index in [2.05, 4.69) is 26.0 Å². The Morgan fingerprint density at radius 3 is 2.76 bits per heavy atom. The minimum Gasteiger partial charge on any atom is -0.320 e. The maximum Gasteiger partial charge on any atom is 0.232 e. The molecule has 0 heterocycles. The molecule has 0 aliphatic heterocycles. The second-order valence-corrected chi connectivity index (χ2v) is 6.52. The first-order valence-corrected chi connectivity index (χ1v) is 7.87. The fourth-order valence-corrected chi connectivity index (χ4v) is 3.04. The van der Waals surface area contributed by atoms with Gasteiger partial charge in [-0.05, 0) is 48.1 Å². The van der Waals surface area contributed by atoms with E-state index in [0.717, 1.165) is 0 Å². The molecule has 1 rings (SSSR count). The lowest BCUT2D eigenvalue weighted by atomic mass is 10.3. The molecule has 1 aromatic carbocycles. The van der Waals surface area contributed by atoms with Crippen LogP contribution in [0.4, 0.5) is 5.69 Å². The van der Waals surface area contributed by atoms with E-state index in [4.69, 9.17) is 11.6 Å². The summed E-state index contributed by atoms with van der Waals surface area (Å²) in [7, 11) is -1.54. The first kappa shape index (κ1) is 14.8. The number of halogens is 2. The van der Waals surface area contributed by atoms with Crippen molar-refractivity contribution in [1.29, 1.82) is 0 Å². The van der Waals surface area contributed by atoms with Crippen LogP contribution in [0.5, 0.6) is 0 Å². The van der Waals surface area contributed by atoms with E-state index < -0.39 is 10.0 Å². The second-order valence-electron chi connectivity index (χ2n) is 3.48. The minimum absolute atomic E-state index is 0.0762. The Balaban J connectivity index is 2.73. The highest BCUT2D eigenvalue weighted by atomic mass is 79.9. The molecule has 0 fully saturated rings. The lowest BCUT2D eigenvalue weighted by Crippen LogP contribution is -2.20. The molecule has 0 aliphatic rings. The molecule has 0 aliphatic carbocycles. The highest BCUT2D eigenvalue weighted by Crippen LogP contribution is 2.30. The van der Waals surface area contributed by atoms with E-state index >= 15 is 0 Å². The zero-order valence-corrected chi connectivity index (χ0v) is 12.5. The number of anilines is 1. The Labute approximate surface area is 115 Å². The van der Waals surface area contributed by atoms with Gasteiger partial charge in [0.1, 0.15) is 0 Å². The van der Waals surface area contributed by atoms with Gasteiger partial charge in [0.25, 0.3) is 0 Å². The average molecular weight is 342 g/mol. The maximum atomic E-state index is 11.7. The van der Waals surface area contributed by atoms with Gasteiger partial charge in [0.15, 0.2) is 0 Å². The fourth-order valence-electron chi connectivity index (χ4n) is 1.24. The number of rotatable bonds is 6. The molecule has 0 radical (unpaired) electrons. The van der Waals surface area contributed by atoms with Crippen molar-refractivity contribution in [2.24, 2.45) is 0 Å². The quantitative estimate of drug-likeness (QED) is 0.781. The molecule has 1 aromatic rings. The summed E-state index contributed by atoms with van der Waals surface area (Å²) >= 11 is 9.12. The molecule has 4 nitrogen and oxygen atoms in total. The number of hydrogen-bond acceptors (Lipinski definition) is 3. The van der Waals surface area contributed by atoms with Crippen molar-refractivity contribution in [3.63, 3.8) is 0 Å². The summed E-state index contributed by atoms with van der Waals surface area (Å²) in [4.78, 5) is 0. The Morgan fingerprint density at radius 2 is 2.12 bits per heavy atom. The van der Waals surface area contributed by atoms with Gasteiger partial charge in [0.2, 0.25) is 10.0 Å². The van der Waals surface area contributed by atoms with Crippen molar-refractivity contribution < 1.29 is 8.42 Å². The highest BCUT2D eigenvalue weighted by Gasteiger charge is 2.12. The lowest BCUT2D eigenvalue weighted by molar-refractivity contribution is 0.597. The van der Waals surface area contributed by atoms with E-state index in [1.165, 1.54) is 0 Å².